The van der Waals surface area contributed by atoms with Crippen molar-refractivity contribution in [2.45, 2.75) is 112 Å². The molecule has 1 aromatic heterocycles. The number of nitrogens with zero attached hydrogens (tertiary/aromatic N) is 1. The van der Waals surface area contributed by atoms with Gasteiger partial charge < -0.3 is 9.53 Å². The minimum atomic E-state index is -0.311. The van der Waals surface area contributed by atoms with Gasteiger partial charge in [0.1, 0.15) is 12.4 Å². The van der Waals surface area contributed by atoms with Gasteiger partial charge in [-0.15, -0.1) is 0 Å². The molecule has 4 saturated carbocycles. The van der Waals surface area contributed by atoms with E-state index >= 15 is 0 Å². The van der Waals surface area contributed by atoms with Crippen molar-refractivity contribution in [2.24, 2.45) is 50.2 Å². The third-order valence-electron chi connectivity index (χ3n) is 14.0. The number of rotatable bonds is 3. The Bertz CT molecular complexity index is 1300. The Morgan fingerprint density at radius 3 is 2.39 bits per heavy atom. The zero-order valence-corrected chi connectivity index (χ0v) is 26.2. The van der Waals surface area contributed by atoms with Gasteiger partial charge in [-0.1, -0.05) is 54.0 Å². The fraction of sp³-hybridized carbons (Fsp3) is 0.722. The fourth-order valence-electron chi connectivity index (χ4n) is 11.2. The molecule has 222 valence electrons. The van der Waals surface area contributed by atoms with E-state index in [0.717, 1.165) is 57.8 Å². The first-order chi connectivity index (χ1) is 19.1. The van der Waals surface area contributed by atoms with Crippen molar-refractivity contribution < 1.29 is 19.1 Å². The van der Waals surface area contributed by atoms with Gasteiger partial charge in [0, 0.05) is 29.1 Å². The second kappa shape index (κ2) is 9.10. The zero-order chi connectivity index (χ0) is 29.6. The lowest BCUT2D eigenvalue weighted by atomic mass is 9.33. The van der Waals surface area contributed by atoms with Crippen LogP contribution in [0.2, 0.25) is 0 Å². The first-order valence-corrected chi connectivity index (χ1v) is 16.0. The van der Waals surface area contributed by atoms with Crippen molar-refractivity contribution in [3.8, 4) is 0 Å². The predicted molar refractivity (Wildman–Crippen MR) is 159 cm³/mol. The van der Waals surface area contributed by atoms with Gasteiger partial charge in [-0.3, -0.25) is 9.78 Å². The first-order valence-electron chi connectivity index (χ1n) is 16.0. The van der Waals surface area contributed by atoms with Crippen LogP contribution in [0.25, 0.3) is 0 Å². The van der Waals surface area contributed by atoms with Crippen molar-refractivity contribution in [2.75, 3.05) is 0 Å². The van der Waals surface area contributed by atoms with Gasteiger partial charge in [0.2, 0.25) is 0 Å². The van der Waals surface area contributed by atoms with Crippen LogP contribution in [0.3, 0.4) is 0 Å². The number of hydrogen-bond donors (Lipinski definition) is 0. The molecule has 0 unspecified atom stereocenters. The zero-order valence-electron chi connectivity index (χ0n) is 26.2. The number of aromatic nitrogens is 1. The van der Waals surface area contributed by atoms with Crippen molar-refractivity contribution in [1.29, 1.82) is 0 Å². The van der Waals surface area contributed by atoms with E-state index < -0.39 is 0 Å². The van der Waals surface area contributed by atoms with E-state index in [1.807, 2.05) is 0 Å². The van der Waals surface area contributed by atoms with Crippen molar-refractivity contribution in [3.63, 3.8) is 0 Å². The number of ether oxygens (including phenoxy) is 1. The Morgan fingerprint density at radius 1 is 0.976 bits per heavy atom. The number of esters is 1. The molecule has 41 heavy (non-hydrogen) atoms. The summed E-state index contributed by atoms with van der Waals surface area (Å²) in [5, 5.41) is 0. The third kappa shape index (κ3) is 3.92. The molecule has 1 heterocycles. The molecule has 6 rings (SSSR count). The maximum absolute atomic E-state index is 14.5. The molecular weight excluding hydrogens is 510 g/mol. The van der Waals surface area contributed by atoms with Crippen LogP contribution in [0.15, 0.2) is 36.2 Å². The van der Waals surface area contributed by atoms with Crippen molar-refractivity contribution in [3.05, 3.63) is 41.7 Å². The van der Waals surface area contributed by atoms with Crippen molar-refractivity contribution >= 4 is 18.0 Å². The highest BCUT2D eigenvalue weighted by atomic mass is 16.5. The number of pyridine rings is 1. The minimum absolute atomic E-state index is 0.0536. The predicted octanol–water partition coefficient (Wildman–Crippen LogP) is 7.79. The second-order valence-electron chi connectivity index (χ2n) is 16.5. The summed E-state index contributed by atoms with van der Waals surface area (Å²) in [7, 11) is 0. The van der Waals surface area contributed by atoms with Crippen molar-refractivity contribution in [1.82, 2.24) is 4.98 Å². The quantitative estimate of drug-likeness (QED) is 0.279. The summed E-state index contributed by atoms with van der Waals surface area (Å²) in [6, 6.07) is 3.52. The van der Waals surface area contributed by atoms with Gasteiger partial charge in [0.05, 0.1) is 5.56 Å². The Hall–Kier alpha value is -2.30. The number of ketones is 1. The van der Waals surface area contributed by atoms with Crippen LogP contribution in [-0.4, -0.2) is 29.1 Å². The van der Waals surface area contributed by atoms with Gasteiger partial charge in [-0.2, -0.15) is 0 Å². The van der Waals surface area contributed by atoms with E-state index in [1.54, 1.807) is 24.5 Å². The van der Waals surface area contributed by atoms with Gasteiger partial charge in [-0.05, 0) is 109 Å². The number of fused-ring (bicyclic) bond motifs is 7. The maximum atomic E-state index is 14.5. The summed E-state index contributed by atoms with van der Waals surface area (Å²) >= 11 is 0. The van der Waals surface area contributed by atoms with E-state index in [1.165, 1.54) is 11.9 Å². The minimum Gasteiger partial charge on any atom is -0.458 e. The normalized spacial score (nSPS) is 46.6. The molecule has 4 fully saturated rings. The molecule has 0 amide bonds. The summed E-state index contributed by atoms with van der Waals surface area (Å²) in [4.78, 5) is 43.8. The summed E-state index contributed by atoms with van der Waals surface area (Å²) in [5.74, 6) is 0.502. The fourth-order valence-corrected chi connectivity index (χ4v) is 11.2. The van der Waals surface area contributed by atoms with Crippen LogP contribution in [0.1, 0.15) is 117 Å². The average molecular weight is 560 g/mol. The van der Waals surface area contributed by atoms with Crippen LogP contribution in [0.4, 0.5) is 0 Å². The largest absolute Gasteiger partial charge is 0.458 e. The Balaban J connectivity index is 1.34. The molecule has 9 atom stereocenters. The summed E-state index contributed by atoms with van der Waals surface area (Å²) in [6.45, 7) is 16.3. The lowest BCUT2D eigenvalue weighted by Crippen LogP contribution is -2.66. The molecule has 5 heteroatoms. The van der Waals surface area contributed by atoms with E-state index in [2.05, 4.69) is 59.5 Å². The molecule has 0 aliphatic heterocycles. The van der Waals surface area contributed by atoms with E-state index in [0.29, 0.717) is 11.3 Å². The molecule has 0 N–H and O–H groups in total. The summed E-state index contributed by atoms with van der Waals surface area (Å²) in [6.07, 6.45) is 15.1. The van der Waals surface area contributed by atoms with Crippen LogP contribution < -0.4 is 0 Å². The highest BCUT2D eigenvalue weighted by molar-refractivity contribution is 5.95. The molecule has 5 aliphatic rings. The monoisotopic (exact) mass is 559 g/mol. The second-order valence-corrected chi connectivity index (χ2v) is 16.5. The SMILES string of the molecule is CC1(C)[C@@H](OC(=O)c2cccnc2)CC[C@]2(C)[C@H]3C(=O)C=C4[C@@H]5C[C@@](C)(C=O)CC[C@]5(C)CC[C@@]4(C)[C@]3(C)CC[C@@H]12. The smallest absolute Gasteiger partial charge is 0.339 e. The van der Waals surface area contributed by atoms with Gasteiger partial charge in [0.25, 0.3) is 0 Å². The molecular formula is C36H49NO4. The van der Waals surface area contributed by atoms with Gasteiger partial charge >= 0.3 is 5.97 Å². The molecule has 0 radical (unpaired) electrons. The Labute approximate surface area is 246 Å². The van der Waals surface area contributed by atoms with E-state index in [9.17, 15) is 14.4 Å². The van der Waals surface area contributed by atoms with E-state index in [4.69, 9.17) is 4.74 Å². The average Bonchev–Trinajstić information content (AvgIpc) is 2.93. The highest BCUT2D eigenvalue weighted by Crippen LogP contribution is 2.75. The molecule has 5 nitrogen and oxygen atoms in total. The third-order valence-corrected chi connectivity index (χ3v) is 14.0. The van der Waals surface area contributed by atoms with Crippen LogP contribution >= 0.6 is 0 Å². The summed E-state index contributed by atoms with van der Waals surface area (Å²) < 4.78 is 6.18. The van der Waals surface area contributed by atoms with Gasteiger partial charge in [-0.25, -0.2) is 4.79 Å². The highest BCUT2D eigenvalue weighted by Gasteiger charge is 2.70. The number of allylic oxidation sites excluding steroid dienone is 2. The topological polar surface area (TPSA) is 73.3 Å². The molecule has 1 aromatic rings. The first kappa shape index (κ1) is 28.8. The van der Waals surface area contributed by atoms with Crippen LogP contribution in [-0.2, 0) is 14.3 Å². The number of hydrogen-bond acceptors (Lipinski definition) is 5. The lowest BCUT2D eigenvalue weighted by molar-refractivity contribution is -0.202. The number of carbonyl (C=O) groups excluding carboxylic acids is 3. The van der Waals surface area contributed by atoms with Crippen LogP contribution in [0, 0.1) is 50.2 Å². The number of carbonyl (C=O) groups is 3. The Kier molecular flexibility index (Phi) is 6.39. The molecule has 0 bridgehead atoms. The standard InChI is InChI=1S/C36H49NO4/c1-31(2)27-10-13-36(7)29(34(27,5)12-11-28(31)41-30(40)23-9-8-18-37-21-23)26(39)19-24-25-20-32(3,22-38)14-15-33(25,4)16-17-35(24,36)6/h8-9,18-19,21-22,25,27-29H,10-17,20H2,1-7H3/t25-,27-,28-,29+,32-,33+,34-,35+,36+/m0/s1. The molecule has 5 aliphatic carbocycles. The molecule has 0 aromatic carbocycles. The van der Waals surface area contributed by atoms with Gasteiger partial charge in [0.15, 0.2) is 5.78 Å². The van der Waals surface area contributed by atoms with Crippen LogP contribution in [0.5, 0.6) is 0 Å². The number of aldehydes is 1. The van der Waals surface area contributed by atoms with E-state index in [-0.39, 0.29) is 62.3 Å². The maximum Gasteiger partial charge on any atom is 0.339 e. The lowest BCUT2D eigenvalue weighted by Gasteiger charge is -2.70. The molecule has 0 saturated heterocycles. The Morgan fingerprint density at radius 2 is 1.71 bits per heavy atom. The molecule has 0 spiro atoms. The summed E-state index contributed by atoms with van der Waals surface area (Å²) in [5.41, 5.74) is 1.09.